The van der Waals surface area contributed by atoms with Crippen molar-refractivity contribution in [1.29, 1.82) is 0 Å². The van der Waals surface area contributed by atoms with Gasteiger partial charge in [0, 0.05) is 12.1 Å². The van der Waals surface area contributed by atoms with Crippen LogP contribution in [0.5, 0.6) is 0 Å². The number of oxazole rings is 1. The fourth-order valence-corrected chi connectivity index (χ4v) is 2.57. The Morgan fingerprint density at radius 3 is 2.85 bits per heavy atom. The molecule has 5 heteroatoms. The van der Waals surface area contributed by atoms with E-state index < -0.39 is 0 Å². The molecule has 1 aromatic carbocycles. The third-order valence-electron chi connectivity index (χ3n) is 3.74. The normalized spacial score (nSPS) is 19.6. The number of aromatic nitrogens is 1. The third kappa shape index (κ3) is 2.89. The molecule has 0 aliphatic carbocycles. The highest BCUT2D eigenvalue weighted by atomic mass is 19.1. The van der Waals surface area contributed by atoms with Crippen molar-refractivity contribution in [2.24, 2.45) is 11.7 Å². The van der Waals surface area contributed by atoms with E-state index in [2.05, 4.69) is 9.88 Å². The minimum absolute atomic E-state index is 0.251. The molecular formula is C15H18FN3O. The van der Waals surface area contributed by atoms with Crippen LogP contribution in [0.25, 0.3) is 11.3 Å². The molecule has 1 aliphatic rings. The highest BCUT2D eigenvalue weighted by Crippen LogP contribution is 2.23. The summed E-state index contributed by atoms with van der Waals surface area (Å²) in [6.45, 7) is 3.49. The Morgan fingerprint density at radius 2 is 2.15 bits per heavy atom. The molecular weight excluding hydrogens is 257 g/mol. The lowest BCUT2D eigenvalue weighted by Crippen LogP contribution is -2.22. The number of hydrogen-bond donors (Lipinski definition) is 1. The third-order valence-corrected chi connectivity index (χ3v) is 3.74. The summed E-state index contributed by atoms with van der Waals surface area (Å²) in [7, 11) is 0. The topological polar surface area (TPSA) is 55.3 Å². The smallest absolute Gasteiger partial charge is 0.209 e. The first kappa shape index (κ1) is 13.3. The molecule has 106 valence electrons. The number of nitrogens with two attached hydrogens (primary N) is 1. The fourth-order valence-electron chi connectivity index (χ4n) is 2.57. The maximum Gasteiger partial charge on any atom is 0.209 e. The molecule has 1 aromatic heterocycles. The molecule has 4 nitrogen and oxygen atoms in total. The molecule has 2 heterocycles. The minimum Gasteiger partial charge on any atom is -0.439 e. The summed E-state index contributed by atoms with van der Waals surface area (Å²) < 4.78 is 18.6. The maximum absolute atomic E-state index is 12.9. The first-order valence-corrected chi connectivity index (χ1v) is 6.87. The van der Waals surface area contributed by atoms with E-state index in [-0.39, 0.29) is 5.82 Å². The van der Waals surface area contributed by atoms with Crippen LogP contribution in [-0.4, -0.2) is 29.5 Å². The first-order valence-electron chi connectivity index (χ1n) is 6.87. The van der Waals surface area contributed by atoms with Gasteiger partial charge >= 0.3 is 0 Å². The van der Waals surface area contributed by atoms with Crippen LogP contribution < -0.4 is 5.73 Å². The van der Waals surface area contributed by atoms with Crippen LogP contribution >= 0.6 is 0 Å². The second-order valence-corrected chi connectivity index (χ2v) is 5.25. The molecule has 0 saturated carbocycles. The first-order chi connectivity index (χ1) is 9.74. The Balaban J connectivity index is 1.66. The van der Waals surface area contributed by atoms with Gasteiger partial charge in [-0.3, -0.25) is 4.90 Å². The van der Waals surface area contributed by atoms with Crippen molar-refractivity contribution in [3.63, 3.8) is 0 Å². The van der Waals surface area contributed by atoms with Gasteiger partial charge in [0.25, 0.3) is 0 Å². The average molecular weight is 275 g/mol. The van der Waals surface area contributed by atoms with Gasteiger partial charge in [-0.1, -0.05) is 0 Å². The van der Waals surface area contributed by atoms with Crippen LogP contribution in [0, 0.1) is 11.7 Å². The number of halogens is 1. The molecule has 2 N–H and O–H groups in total. The Morgan fingerprint density at radius 1 is 1.35 bits per heavy atom. The number of benzene rings is 1. The molecule has 2 aromatic rings. The van der Waals surface area contributed by atoms with Crippen molar-refractivity contribution in [3.05, 3.63) is 42.2 Å². The quantitative estimate of drug-likeness (QED) is 0.930. The minimum atomic E-state index is -0.251. The fraction of sp³-hybridized carbons (Fsp3) is 0.400. The van der Waals surface area contributed by atoms with Gasteiger partial charge < -0.3 is 10.2 Å². The van der Waals surface area contributed by atoms with Crippen LogP contribution in [0.1, 0.15) is 12.3 Å². The summed E-state index contributed by atoms with van der Waals surface area (Å²) in [4.78, 5) is 6.60. The lowest BCUT2D eigenvalue weighted by molar-refractivity contribution is 0.282. The molecule has 1 unspecified atom stereocenters. The lowest BCUT2D eigenvalue weighted by atomic mass is 10.1. The SMILES string of the molecule is NCC1CCN(Cc2ncc(-c3ccc(F)cc3)o2)C1. The van der Waals surface area contributed by atoms with E-state index in [0.717, 1.165) is 31.6 Å². The Kier molecular flexibility index (Phi) is 3.80. The van der Waals surface area contributed by atoms with E-state index >= 15 is 0 Å². The van der Waals surface area contributed by atoms with Crippen molar-refractivity contribution in [2.45, 2.75) is 13.0 Å². The predicted octanol–water partition coefficient (Wildman–Crippen LogP) is 2.26. The van der Waals surface area contributed by atoms with Gasteiger partial charge in [0.05, 0.1) is 12.7 Å². The number of nitrogens with zero attached hydrogens (tertiary/aromatic N) is 2. The van der Waals surface area contributed by atoms with Crippen molar-refractivity contribution in [3.8, 4) is 11.3 Å². The zero-order chi connectivity index (χ0) is 13.9. The molecule has 20 heavy (non-hydrogen) atoms. The molecule has 0 bridgehead atoms. The number of hydrogen-bond acceptors (Lipinski definition) is 4. The molecule has 1 aliphatic heterocycles. The Hall–Kier alpha value is -1.72. The monoisotopic (exact) mass is 275 g/mol. The molecule has 1 fully saturated rings. The van der Waals surface area contributed by atoms with Crippen LogP contribution in [0.2, 0.25) is 0 Å². The molecule has 1 atom stereocenters. The molecule has 3 rings (SSSR count). The van der Waals surface area contributed by atoms with Crippen LogP contribution in [0.15, 0.2) is 34.9 Å². The van der Waals surface area contributed by atoms with E-state index in [4.69, 9.17) is 10.2 Å². The predicted molar refractivity (Wildman–Crippen MR) is 74.3 cm³/mol. The van der Waals surface area contributed by atoms with E-state index in [9.17, 15) is 4.39 Å². The van der Waals surface area contributed by atoms with Gasteiger partial charge in [0.1, 0.15) is 5.82 Å². The standard InChI is InChI=1S/C15H18FN3O/c16-13-3-1-12(2-4-13)14-8-18-15(20-14)10-19-6-5-11(7-17)9-19/h1-4,8,11H,5-7,9-10,17H2. The second-order valence-electron chi connectivity index (χ2n) is 5.25. The summed E-state index contributed by atoms with van der Waals surface area (Å²) in [5.74, 6) is 1.71. The summed E-state index contributed by atoms with van der Waals surface area (Å²) in [5, 5.41) is 0. The Labute approximate surface area is 117 Å². The van der Waals surface area contributed by atoms with Gasteiger partial charge in [-0.15, -0.1) is 0 Å². The molecule has 1 saturated heterocycles. The van der Waals surface area contributed by atoms with E-state index in [1.54, 1.807) is 18.3 Å². The highest BCUT2D eigenvalue weighted by molar-refractivity contribution is 5.55. The maximum atomic E-state index is 12.9. The zero-order valence-corrected chi connectivity index (χ0v) is 11.3. The summed E-state index contributed by atoms with van der Waals surface area (Å²) >= 11 is 0. The highest BCUT2D eigenvalue weighted by Gasteiger charge is 2.22. The van der Waals surface area contributed by atoms with Crippen LogP contribution in [0.4, 0.5) is 4.39 Å². The van der Waals surface area contributed by atoms with Gasteiger partial charge in [-0.05, 0) is 49.7 Å². The lowest BCUT2D eigenvalue weighted by Gasteiger charge is -2.12. The van der Waals surface area contributed by atoms with Crippen molar-refractivity contribution in [1.82, 2.24) is 9.88 Å². The van der Waals surface area contributed by atoms with Gasteiger partial charge in [-0.25, -0.2) is 9.37 Å². The van der Waals surface area contributed by atoms with Gasteiger partial charge in [-0.2, -0.15) is 0 Å². The van der Waals surface area contributed by atoms with Gasteiger partial charge in [0.2, 0.25) is 5.89 Å². The zero-order valence-electron chi connectivity index (χ0n) is 11.3. The molecule has 0 spiro atoms. The summed E-state index contributed by atoms with van der Waals surface area (Å²) in [5.41, 5.74) is 6.52. The van der Waals surface area contributed by atoms with Crippen molar-refractivity contribution in [2.75, 3.05) is 19.6 Å². The summed E-state index contributed by atoms with van der Waals surface area (Å²) in [6, 6.07) is 6.23. The number of rotatable bonds is 4. The Bertz CT molecular complexity index is 567. The van der Waals surface area contributed by atoms with Crippen LogP contribution in [0.3, 0.4) is 0 Å². The number of likely N-dealkylation sites (tertiary alicyclic amines) is 1. The van der Waals surface area contributed by atoms with Crippen molar-refractivity contribution >= 4 is 0 Å². The van der Waals surface area contributed by atoms with E-state index in [1.165, 1.54) is 12.1 Å². The van der Waals surface area contributed by atoms with Crippen molar-refractivity contribution < 1.29 is 8.81 Å². The summed E-state index contributed by atoms with van der Waals surface area (Å²) in [6.07, 6.45) is 2.83. The molecule has 0 radical (unpaired) electrons. The average Bonchev–Trinajstić information content (AvgIpc) is 3.09. The van der Waals surface area contributed by atoms with E-state index in [0.29, 0.717) is 24.1 Å². The van der Waals surface area contributed by atoms with Crippen LogP contribution in [-0.2, 0) is 6.54 Å². The second kappa shape index (κ2) is 5.73. The molecule has 0 amide bonds. The largest absolute Gasteiger partial charge is 0.439 e. The van der Waals surface area contributed by atoms with Gasteiger partial charge in [0.15, 0.2) is 5.76 Å². The van der Waals surface area contributed by atoms with E-state index in [1.807, 2.05) is 0 Å².